The molecule has 4 nitrogen and oxygen atoms in total. The number of carbonyl (C=O) groups is 1. The molecule has 0 unspecified atom stereocenters. The molecule has 1 saturated carbocycles. The molecule has 1 fully saturated rings. The smallest absolute Gasteiger partial charge is 0.254 e. The van der Waals surface area contributed by atoms with Gasteiger partial charge in [0, 0.05) is 37.9 Å². The van der Waals surface area contributed by atoms with Gasteiger partial charge in [-0.05, 0) is 54.8 Å². The van der Waals surface area contributed by atoms with E-state index in [-0.39, 0.29) is 5.91 Å². The summed E-state index contributed by atoms with van der Waals surface area (Å²) in [5.41, 5.74) is 2.97. The largest absolute Gasteiger partial charge is 0.497 e. The summed E-state index contributed by atoms with van der Waals surface area (Å²) >= 11 is 0. The number of amides is 1. The van der Waals surface area contributed by atoms with Gasteiger partial charge in [-0.3, -0.25) is 4.79 Å². The second kappa shape index (κ2) is 6.95. The van der Waals surface area contributed by atoms with E-state index in [9.17, 15) is 4.79 Å². The second-order valence-corrected chi connectivity index (χ2v) is 6.45. The molecule has 3 rings (SSSR count). The zero-order valence-electron chi connectivity index (χ0n) is 14.5. The molecule has 0 spiro atoms. The first-order chi connectivity index (χ1) is 11.6. The molecule has 1 aliphatic rings. The second-order valence-electron chi connectivity index (χ2n) is 6.45. The van der Waals surface area contributed by atoms with Crippen molar-refractivity contribution in [3.05, 3.63) is 59.7 Å². The molecule has 0 aromatic heterocycles. The Labute approximate surface area is 143 Å². The van der Waals surface area contributed by atoms with E-state index >= 15 is 0 Å². The minimum atomic E-state index is 0.110. The molecular weight excluding hydrogens is 300 g/mol. The average molecular weight is 324 g/mol. The van der Waals surface area contributed by atoms with Crippen LogP contribution in [0.4, 0.5) is 5.69 Å². The van der Waals surface area contributed by atoms with E-state index in [4.69, 9.17) is 4.74 Å². The quantitative estimate of drug-likeness (QED) is 0.814. The lowest BCUT2D eigenvalue weighted by atomic mass is 10.1. The maximum atomic E-state index is 12.9. The van der Waals surface area contributed by atoms with Gasteiger partial charge in [-0.1, -0.05) is 12.1 Å². The fourth-order valence-corrected chi connectivity index (χ4v) is 2.75. The topological polar surface area (TPSA) is 32.8 Å². The van der Waals surface area contributed by atoms with Crippen LogP contribution in [-0.4, -0.2) is 38.1 Å². The van der Waals surface area contributed by atoms with Crippen LogP contribution >= 0.6 is 0 Å². The fourth-order valence-electron chi connectivity index (χ4n) is 2.75. The fraction of sp³-hybridized carbons (Fsp3) is 0.350. The third kappa shape index (κ3) is 3.70. The third-order valence-electron chi connectivity index (χ3n) is 4.39. The number of methoxy groups -OCH3 is 1. The Morgan fingerprint density at radius 2 is 1.67 bits per heavy atom. The van der Waals surface area contributed by atoms with Crippen LogP contribution in [0.1, 0.15) is 28.8 Å². The summed E-state index contributed by atoms with van der Waals surface area (Å²) < 4.78 is 5.20. The molecule has 0 radical (unpaired) electrons. The Balaban J connectivity index is 1.75. The Kier molecular flexibility index (Phi) is 4.74. The molecule has 24 heavy (non-hydrogen) atoms. The van der Waals surface area contributed by atoms with Crippen LogP contribution in [-0.2, 0) is 6.54 Å². The Bertz CT molecular complexity index is 689. The molecule has 2 aromatic rings. The summed E-state index contributed by atoms with van der Waals surface area (Å²) in [6.07, 6.45) is 2.19. The highest BCUT2D eigenvalue weighted by atomic mass is 16.5. The van der Waals surface area contributed by atoms with Gasteiger partial charge in [0.25, 0.3) is 5.91 Å². The first-order valence-electron chi connectivity index (χ1n) is 8.30. The number of nitrogens with zero attached hydrogens (tertiary/aromatic N) is 2. The van der Waals surface area contributed by atoms with E-state index in [1.165, 1.54) is 0 Å². The minimum absolute atomic E-state index is 0.110. The molecule has 1 aliphatic carbocycles. The lowest BCUT2D eigenvalue weighted by Crippen LogP contribution is -2.32. The van der Waals surface area contributed by atoms with Gasteiger partial charge in [-0.15, -0.1) is 0 Å². The number of carbonyl (C=O) groups excluding carboxylic acids is 1. The number of anilines is 1. The Morgan fingerprint density at radius 3 is 2.17 bits per heavy atom. The highest BCUT2D eigenvalue weighted by molar-refractivity contribution is 5.95. The van der Waals surface area contributed by atoms with Crippen molar-refractivity contribution in [2.75, 3.05) is 26.1 Å². The molecule has 4 heteroatoms. The van der Waals surface area contributed by atoms with Crippen molar-refractivity contribution in [2.45, 2.75) is 25.4 Å². The summed E-state index contributed by atoms with van der Waals surface area (Å²) in [6.45, 7) is 0.642. The van der Waals surface area contributed by atoms with E-state index in [0.29, 0.717) is 12.6 Å². The van der Waals surface area contributed by atoms with E-state index in [0.717, 1.165) is 35.4 Å². The predicted octanol–water partition coefficient (Wildman–Crippen LogP) is 3.57. The monoisotopic (exact) mass is 324 g/mol. The van der Waals surface area contributed by atoms with Crippen molar-refractivity contribution < 1.29 is 9.53 Å². The molecule has 0 N–H and O–H groups in total. The van der Waals surface area contributed by atoms with Crippen LogP contribution < -0.4 is 9.64 Å². The summed E-state index contributed by atoms with van der Waals surface area (Å²) in [5, 5.41) is 0. The molecule has 0 heterocycles. The third-order valence-corrected chi connectivity index (χ3v) is 4.39. The summed E-state index contributed by atoms with van der Waals surface area (Å²) in [6, 6.07) is 16.1. The van der Waals surface area contributed by atoms with Crippen molar-refractivity contribution >= 4 is 11.6 Å². The summed E-state index contributed by atoms with van der Waals surface area (Å²) in [4.78, 5) is 16.9. The van der Waals surface area contributed by atoms with Crippen LogP contribution in [0, 0.1) is 0 Å². The first-order valence-corrected chi connectivity index (χ1v) is 8.30. The van der Waals surface area contributed by atoms with Gasteiger partial charge in [0.1, 0.15) is 5.75 Å². The van der Waals surface area contributed by atoms with Gasteiger partial charge < -0.3 is 14.5 Å². The zero-order chi connectivity index (χ0) is 17.1. The van der Waals surface area contributed by atoms with Crippen LogP contribution in [0.5, 0.6) is 5.75 Å². The van der Waals surface area contributed by atoms with Gasteiger partial charge in [0.15, 0.2) is 0 Å². The summed E-state index contributed by atoms with van der Waals surface area (Å²) in [7, 11) is 5.65. The van der Waals surface area contributed by atoms with Gasteiger partial charge in [0.05, 0.1) is 7.11 Å². The maximum absolute atomic E-state index is 12.9. The molecule has 0 aliphatic heterocycles. The van der Waals surface area contributed by atoms with Gasteiger partial charge in [0.2, 0.25) is 0 Å². The molecule has 126 valence electrons. The minimum Gasteiger partial charge on any atom is -0.497 e. The number of hydrogen-bond donors (Lipinski definition) is 0. The highest BCUT2D eigenvalue weighted by Gasteiger charge is 2.33. The van der Waals surface area contributed by atoms with Crippen molar-refractivity contribution in [3.8, 4) is 5.75 Å². The van der Waals surface area contributed by atoms with E-state index < -0.39 is 0 Å². The molecule has 1 amide bonds. The highest BCUT2D eigenvalue weighted by Crippen LogP contribution is 2.30. The van der Waals surface area contributed by atoms with Crippen molar-refractivity contribution in [1.29, 1.82) is 0 Å². The summed E-state index contributed by atoms with van der Waals surface area (Å²) in [5.74, 6) is 0.945. The normalized spacial score (nSPS) is 13.5. The molecule has 0 bridgehead atoms. The maximum Gasteiger partial charge on any atom is 0.254 e. The lowest BCUT2D eigenvalue weighted by Gasteiger charge is -2.23. The van der Waals surface area contributed by atoms with Crippen LogP contribution in [0.2, 0.25) is 0 Å². The van der Waals surface area contributed by atoms with Gasteiger partial charge in [-0.25, -0.2) is 0 Å². The number of ether oxygens (including phenoxy) is 1. The molecular formula is C20H24N2O2. The molecule has 2 aromatic carbocycles. The van der Waals surface area contributed by atoms with Crippen LogP contribution in [0.25, 0.3) is 0 Å². The molecule has 0 saturated heterocycles. The average Bonchev–Trinajstić information content (AvgIpc) is 3.44. The zero-order valence-corrected chi connectivity index (χ0v) is 14.5. The first kappa shape index (κ1) is 16.4. The van der Waals surface area contributed by atoms with E-state index in [2.05, 4.69) is 0 Å². The Morgan fingerprint density at radius 1 is 1.04 bits per heavy atom. The molecule has 0 atom stereocenters. The number of hydrogen-bond acceptors (Lipinski definition) is 3. The van der Waals surface area contributed by atoms with Gasteiger partial charge in [-0.2, -0.15) is 0 Å². The number of benzene rings is 2. The van der Waals surface area contributed by atoms with Crippen molar-refractivity contribution in [3.63, 3.8) is 0 Å². The SMILES string of the molecule is COc1ccc(CN(C(=O)c2ccc(N(C)C)cc2)C2CC2)cc1. The van der Waals surface area contributed by atoms with Crippen LogP contribution in [0.3, 0.4) is 0 Å². The lowest BCUT2D eigenvalue weighted by molar-refractivity contribution is 0.0730. The van der Waals surface area contributed by atoms with E-state index in [1.54, 1.807) is 7.11 Å². The standard InChI is InChI=1S/C20H24N2O2/c1-21(2)17-8-6-16(7-9-17)20(23)22(18-10-11-18)14-15-4-12-19(24-3)13-5-15/h4-9,12-13,18H,10-11,14H2,1-3H3. The Hall–Kier alpha value is -2.49. The number of rotatable bonds is 6. The van der Waals surface area contributed by atoms with Crippen molar-refractivity contribution in [1.82, 2.24) is 4.90 Å². The predicted molar refractivity (Wildman–Crippen MR) is 96.7 cm³/mol. The van der Waals surface area contributed by atoms with Crippen LogP contribution in [0.15, 0.2) is 48.5 Å². The van der Waals surface area contributed by atoms with E-state index in [1.807, 2.05) is 72.4 Å². The van der Waals surface area contributed by atoms with Crippen molar-refractivity contribution in [2.24, 2.45) is 0 Å². The van der Waals surface area contributed by atoms with Gasteiger partial charge >= 0.3 is 0 Å².